The minimum Gasteiger partial charge on any atom is -0.456 e. The quantitative estimate of drug-likeness (QED) is 0.182. The van der Waals surface area contributed by atoms with Gasteiger partial charge in [0.15, 0.2) is 5.58 Å². The van der Waals surface area contributed by atoms with Gasteiger partial charge in [0.05, 0.1) is 56.0 Å². The summed E-state index contributed by atoms with van der Waals surface area (Å²) in [5.74, 6) is 0. The van der Waals surface area contributed by atoms with E-state index in [1.807, 2.05) is 97.1 Å². The highest BCUT2D eigenvalue weighted by Gasteiger charge is 2.25. The molecule has 0 radical (unpaired) electrons. The van der Waals surface area contributed by atoms with Crippen molar-refractivity contribution >= 4 is 87.5 Å². The van der Waals surface area contributed by atoms with Gasteiger partial charge in [0, 0.05) is 48.8 Å². The lowest BCUT2D eigenvalue weighted by Gasteiger charge is -2.18. The van der Waals surface area contributed by atoms with Gasteiger partial charge in [0.2, 0.25) is 0 Å². The number of furan rings is 2. The standard InChI is InChI=1S/C50H26N4O2/c51-27-29-20-21-33(43(26-29)54-41-16-6-2-11-32(41)36-22-23-37-34-12-3-7-18-44(34)56-50(37)49(36)54)30-14-9-17-42(39(30)28-52)53-40-15-5-1-10-31(40)35-24-25-46-47(48(35)53)38-13-4-8-19-45(38)55-46/h1-26H. The van der Waals surface area contributed by atoms with Crippen LogP contribution in [0.25, 0.3) is 110 Å². The molecule has 0 unspecified atom stereocenters. The van der Waals surface area contributed by atoms with Crippen LogP contribution in [0.2, 0.25) is 0 Å². The Morgan fingerprint density at radius 3 is 1.79 bits per heavy atom. The molecule has 0 aliphatic carbocycles. The van der Waals surface area contributed by atoms with Gasteiger partial charge in [-0.05, 0) is 60.7 Å². The number of nitriles is 2. The molecule has 0 spiro atoms. The second-order valence-corrected chi connectivity index (χ2v) is 14.2. The van der Waals surface area contributed by atoms with Crippen LogP contribution in [0.3, 0.4) is 0 Å². The molecule has 0 bridgehead atoms. The molecule has 12 aromatic rings. The van der Waals surface area contributed by atoms with E-state index in [9.17, 15) is 10.5 Å². The maximum Gasteiger partial charge on any atom is 0.160 e. The van der Waals surface area contributed by atoms with Gasteiger partial charge in [-0.1, -0.05) is 97.1 Å². The summed E-state index contributed by atoms with van der Waals surface area (Å²) in [5.41, 5.74) is 11.2. The van der Waals surface area contributed by atoms with Crippen molar-refractivity contribution < 1.29 is 8.83 Å². The molecule has 0 saturated carbocycles. The maximum absolute atomic E-state index is 11.3. The molecular weight excluding hydrogens is 689 g/mol. The van der Waals surface area contributed by atoms with E-state index < -0.39 is 0 Å². The number of hydrogen-bond donors (Lipinski definition) is 0. The summed E-state index contributed by atoms with van der Waals surface area (Å²) in [6.45, 7) is 0. The summed E-state index contributed by atoms with van der Waals surface area (Å²) in [5, 5.41) is 29.9. The van der Waals surface area contributed by atoms with Gasteiger partial charge < -0.3 is 18.0 Å². The molecule has 0 fully saturated rings. The summed E-state index contributed by atoms with van der Waals surface area (Å²) >= 11 is 0. The Hall–Kier alpha value is -8.06. The highest BCUT2D eigenvalue weighted by Crippen LogP contribution is 2.45. The number of fused-ring (bicyclic) bond motifs is 14. The third-order valence-electron chi connectivity index (χ3n) is 11.4. The zero-order valence-corrected chi connectivity index (χ0v) is 29.6. The highest BCUT2D eigenvalue weighted by molar-refractivity contribution is 6.25. The van der Waals surface area contributed by atoms with E-state index >= 15 is 0 Å². The van der Waals surface area contributed by atoms with E-state index in [0.717, 1.165) is 110 Å². The third-order valence-corrected chi connectivity index (χ3v) is 11.4. The normalized spacial score (nSPS) is 11.9. The molecule has 12 rings (SSSR count). The smallest absolute Gasteiger partial charge is 0.160 e. The van der Waals surface area contributed by atoms with E-state index in [-0.39, 0.29) is 0 Å². The van der Waals surface area contributed by atoms with Gasteiger partial charge >= 0.3 is 0 Å². The van der Waals surface area contributed by atoms with E-state index in [0.29, 0.717) is 11.1 Å². The van der Waals surface area contributed by atoms with Crippen LogP contribution in [0.4, 0.5) is 0 Å². The first-order valence-electron chi connectivity index (χ1n) is 18.5. The Morgan fingerprint density at radius 2 is 1.04 bits per heavy atom. The molecule has 56 heavy (non-hydrogen) atoms. The van der Waals surface area contributed by atoms with Crippen LogP contribution in [-0.2, 0) is 0 Å². The molecule has 6 heteroatoms. The molecule has 4 aromatic heterocycles. The lowest BCUT2D eigenvalue weighted by molar-refractivity contribution is 0.669. The summed E-state index contributed by atoms with van der Waals surface area (Å²) in [7, 11) is 0. The van der Waals surface area contributed by atoms with Crippen LogP contribution < -0.4 is 0 Å². The summed E-state index contributed by atoms with van der Waals surface area (Å²) in [4.78, 5) is 0. The van der Waals surface area contributed by atoms with Crippen molar-refractivity contribution in [1.82, 2.24) is 9.13 Å². The number of rotatable bonds is 3. The monoisotopic (exact) mass is 714 g/mol. The second kappa shape index (κ2) is 11.2. The Morgan fingerprint density at radius 1 is 0.411 bits per heavy atom. The average molecular weight is 715 g/mol. The number of para-hydroxylation sites is 4. The predicted octanol–water partition coefficient (Wildman–Crippen LogP) is 13.1. The zero-order valence-electron chi connectivity index (χ0n) is 29.6. The fourth-order valence-electron chi connectivity index (χ4n) is 9.08. The fourth-order valence-corrected chi connectivity index (χ4v) is 9.08. The molecule has 8 aromatic carbocycles. The molecule has 0 atom stereocenters. The molecule has 0 aliphatic rings. The van der Waals surface area contributed by atoms with Crippen LogP contribution in [-0.4, -0.2) is 9.13 Å². The fraction of sp³-hybridized carbons (Fsp3) is 0. The number of hydrogen-bond acceptors (Lipinski definition) is 4. The minimum atomic E-state index is 0.512. The van der Waals surface area contributed by atoms with Crippen LogP contribution in [0.1, 0.15) is 11.1 Å². The van der Waals surface area contributed by atoms with Crippen molar-refractivity contribution in [2.75, 3.05) is 0 Å². The first-order chi connectivity index (χ1) is 27.7. The first kappa shape index (κ1) is 30.4. The molecule has 6 nitrogen and oxygen atoms in total. The van der Waals surface area contributed by atoms with Crippen molar-refractivity contribution in [2.24, 2.45) is 0 Å². The molecular formula is C50H26N4O2. The molecule has 258 valence electrons. The van der Waals surface area contributed by atoms with E-state index in [4.69, 9.17) is 8.83 Å². The van der Waals surface area contributed by atoms with Crippen molar-refractivity contribution in [3.63, 3.8) is 0 Å². The molecule has 0 aliphatic heterocycles. The van der Waals surface area contributed by atoms with Crippen LogP contribution in [0, 0.1) is 22.7 Å². The predicted molar refractivity (Wildman–Crippen MR) is 225 cm³/mol. The second-order valence-electron chi connectivity index (χ2n) is 14.2. The number of benzene rings is 8. The van der Waals surface area contributed by atoms with Crippen molar-refractivity contribution in [3.05, 3.63) is 169 Å². The van der Waals surface area contributed by atoms with Gasteiger partial charge in [0.25, 0.3) is 0 Å². The van der Waals surface area contributed by atoms with Gasteiger partial charge in [-0.2, -0.15) is 10.5 Å². The summed E-state index contributed by atoms with van der Waals surface area (Å²) in [6, 6.07) is 58.1. The number of nitrogens with zero attached hydrogens (tertiary/aromatic N) is 4. The van der Waals surface area contributed by atoms with Gasteiger partial charge in [0.1, 0.15) is 22.8 Å². The molecule has 4 heterocycles. The van der Waals surface area contributed by atoms with Crippen molar-refractivity contribution in [3.8, 4) is 34.6 Å². The van der Waals surface area contributed by atoms with Gasteiger partial charge in [-0.3, -0.25) is 0 Å². The highest BCUT2D eigenvalue weighted by atomic mass is 16.3. The van der Waals surface area contributed by atoms with Crippen molar-refractivity contribution in [1.29, 1.82) is 10.5 Å². The van der Waals surface area contributed by atoms with E-state index in [2.05, 4.69) is 81.9 Å². The lowest BCUT2D eigenvalue weighted by Crippen LogP contribution is -2.03. The first-order valence-corrected chi connectivity index (χ1v) is 18.5. The summed E-state index contributed by atoms with van der Waals surface area (Å²) in [6.07, 6.45) is 0. The van der Waals surface area contributed by atoms with Gasteiger partial charge in [-0.15, -0.1) is 0 Å². The summed E-state index contributed by atoms with van der Waals surface area (Å²) < 4.78 is 17.5. The topological polar surface area (TPSA) is 83.7 Å². The SMILES string of the molecule is N#Cc1ccc(-c2cccc(-n3c4ccccc4c4ccc5oc6ccccc6c5c43)c2C#N)c(-n2c3ccccc3c3ccc4c5ccccc5oc4c32)c1. The minimum absolute atomic E-state index is 0.512. The van der Waals surface area contributed by atoms with E-state index in [1.165, 1.54) is 0 Å². The van der Waals surface area contributed by atoms with Crippen LogP contribution >= 0.6 is 0 Å². The Kier molecular flexibility index (Phi) is 6.10. The Bertz CT molecular complexity index is 3750. The molecule has 0 saturated heterocycles. The van der Waals surface area contributed by atoms with Gasteiger partial charge in [-0.25, -0.2) is 0 Å². The average Bonchev–Trinajstić information content (AvgIpc) is 4.00. The van der Waals surface area contributed by atoms with Crippen molar-refractivity contribution in [2.45, 2.75) is 0 Å². The zero-order chi connectivity index (χ0) is 37.1. The number of aromatic nitrogens is 2. The van der Waals surface area contributed by atoms with Crippen LogP contribution in [0.5, 0.6) is 0 Å². The molecule has 0 amide bonds. The van der Waals surface area contributed by atoms with E-state index in [1.54, 1.807) is 0 Å². The molecule has 0 N–H and O–H groups in total. The maximum atomic E-state index is 11.3. The Labute approximate surface area is 318 Å². The van der Waals surface area contributed by atoms with Crippen LogP contribution in [0.15, 0.2) is 167 Å². The Balaban J connectivity index is 1.21. The largest absolute Gasteiger partial charge is 0.456 e. The lowest BCUT2D eigenvalue weighted by atomic mass is 9.95. The third kappa shape index (κ3) is 3.97.